The third-order valence-electron chi connectivity index (χ3n) is 9.37. The molecule has 1 saturated heterocycles. The number of hydrogen-bond acceptors (Lipinski definition) is 4. The van der Waals surface area contributed by atoms with E-state index in [0.29, 0.717) is 12.3 Å². The van der Waals surface area contributed by atoms with Crippen molar-refractivity contribution in [3.05, 3.63) is 29.3 Å². The number of benzene rings is 1. The molecule has 1 aromatic rings. The fourth-order valence-corrected chi connectivity index (χ4v) is 7.31. The van der Waals surface area contributed by atoms with E-state index in [1.807, 2.05) is 0 Å². The quantitative estimate of drug-likeness (QED) is 0.440. The number of piperidine rings is 1. The molecule has 2 amide bonds. The summed E-state index contributed by atoms with van der Waals surface area (Å²) in [4.78, 5) is 25.8. The number of hydrogen-bond donors (Lipinski definition) is 4. The van der Waals surface area contributed by atoms with Crippen molar-refractivity contribution in [3.8, 4) is 0 Å². The first-order chi connectivity index (χ1) is 17.5. The summed E-state index contributed by atoms with van der Waals surface area (Å²) in [7, 11) is 0. The summed E-state index contributed by atoms with van der Waals surface area (Å²) in [6, 6.07) is 6.54. The molecule has 0 spiro atoms. The standard InChI is InChI=1S/C30H46N4O2/c1-20-7-6-10-23-17-27(34-29(20)23)30(36)33-26-13-11-25(12-14-26)32-28(35)16-21-15-24(19-31-18-21)22-8-4-2-3-5-9-22/h6-7,10,21-22,24-27,31,34H,2-5,8-9,11-19H2,1H3,(H,32,35)(H,33,36). The molecule has 3 atom stereocenters. The van der Waals surface area contributed by atoms with Crippen LogP contribution in [-0.2, 0) is 16.0 Å². The molecule has 36 heavy (non-hydrogen) atoms. The lowest BCUT2D eigenvalue weighted by Crippen LogP contribution is -2.48. The summed E-state index contributed by atoms with van der Waals surface area (Å²) in [5.41, 5.74) is 3.55. The summed E-state index contributed by atoms with van der Waals surface area (Å²) < 4.78 is 0. The molecule has 2 aliphatic heterocycles. The van der Waals surface area contributed by atoms with Crippen molar-refractivity contribution in [2.24, 2.45) is 17.8 Å². The Morgan fingerprint density at radius 3 is 2.33 bits per heavy atom. The van der Waals surface area contributed by atoms with Crippen LogP contribution in [0.4, 0.5) is 5.69 Å². The van der Waals surface area contributed by atoms with Gasteiger partial charge >= 0.3 is 0 Å². The lowest BCUT2D eigenvalue weighted by molar-refractivity contribution is -0.124. The lowest BCUT2D eigenvalue weighted by atomic mass is 9.77. The van der Waals surface area contributed by atoms with Gasteiger partial charge in [-0.15, -0.1) is 0 Å². The van der Waals surface area contributed by atoms with Crippen molar-refractivity contribution in [3.63, 3.8) is 0 Å². The molecule has 2 saturated carbocycles. The van der Waals surface area contributed by atoms with Crippen LogP contribution < -0.4 is 21.3 Å². The molecule has 1 aromatic carbocycles. The fraction of sp³-hybridized carbons (Fsp3) is 0.733. The van der Waals surface area contributed by atoms with Gasteiger partial charge in [0, 0.05) is 30.6 Å². The van der Waals surface area contributed by atoms with E-state index in [1.165, 1.54) is 56.1 Å². The van der Waals surface area contributed by atoms with Gasteiger partial charge < -0.3 is 21.3 Å². The molecule has 0 aromatic heterocycles. The Balaban J connectivity index is 1.01. The number of carbonyl (C=O) groups excluding carboxylic acids is 2. The first kappa shape index (κ1) is 25.6. The van der Waals surface area contributed by atoms with Crippen LogP contribution in [0.3, 0.4) is 0 Å². The highest BCUT2D eigenvalue weighted by Crippen LogP contribution is 2.34. The second-order valence-corrected chi connectivity index (χ2v) is 12.1. The lowest BCUT2D eigenvalue weighted by Gasteiger charge is -2.35. The van der Waals surface area contributed by atoms with E-state index in [1.54, 1.807) is 0 Å². The van der Waals surface area contributed by atoms with Gasteiger partial charge in [-0.1, -0.05) is 56.7 Å². The normalized spacial score (nSPS) is 31.1. The summed E-state index contributed by atoms with van der Waals surface area (Å²) in [6.45, 7) is 4.21. The Morgan fingerprint density at radius 1 is 0.889 bits per heavy atom. The number of anilines is 1. The van der Waals surface area contributed by atoms with E-state index in [2.05, 4.69) is 46.4 Å². The number of carbonyl (C=O) groups is 2. The summed E-state index contributed by atoms with van der Waals surface area (Å²) in [5, 5.41) is 13.7. The van der Waals surface area contributed by atoms with Crippen LogP contribution in [0.25, 0.3) is 0 Å². The first-order valence-corrected chi connectivity index (χ1v) is 14.7. The van der Waals surface area contributed by atoms with E-state index < -0.39 is 0 Å². The molecule has 6 heteroatoms. The molecule has 198 valence electrons. The smallest absolute Gasteiger partial charge is 0.243 e. The Morgan fingerprint density at radius 2 is 1.61 bits per heavy atom. The number of amides is 2. The number of aryl methyl sites for hydroxylation is 1. The summed E-state index contributed by atoms with van der Waals surface area (Å²) in [5.74, 6) is 2.40. The van der Waals surface area contributed by atoms with Crippen molar-refractivity contribution in [2.75, 3.05) is 18.4 Å². The topological polar surface area (TPSA) is 82.3 Å². The molecule has 4 N–H and O–H groups in total. The maximum absolute atomic E-state index is 12.9. The van der Waals surface area contributed by atoms with Crippen LogP contribution in [0, 0.1) is 24.7 Å². The predicted molar refractivity (Wildman–Crippen MR) is 145 cm³/mol. The highest BCUT2D eigenvalue weighted by atomic mass is 16.2. The minimum atomic E-state index is -0.176. The van der Waals surface area contributed by atoms with Crippen molar-refractivity contribution < 1.29 is 9.59 Å². The van der Waals surface area contributed by atoms with E-state index >= 15 is 0 Å². The number of nitrogens with one attached hydrogen (secondary N) is 4. The molecule has 3 unspecified atom stereocenters. The van der Waals surface area contributed by atoms with Crippen molar-refractivity contribution in [1.82, 2.24) is 16.0 Å². The van der Waals surface area contributed by atoms with Gasteiger partial charge in [0.25, 0.3) is 0 Å². The zero-order valence-corrected chi connectivity index (χ0v) is 22.1. The maximum Gasteiger partial charge on any atom is 0.243 e. The van der Waals surface area contributed by atoms with Crippen LogP contribution in [-0.4, -0.2) is 43.0 Å². The van der Waals surface area contributed by atoms with Crippen LogP contribution in [0.15, 0.2) is 18.2 Å². The SMILES string of the molecule is Cc1cccc2c1NC(C(=O)NC1CCC(NC(=O)CC3CNCC(C4CCCCCC4)C3)CC1)C2. The van der Waals surface area contributed by atoms with Gasteiger partial charge in [0.2, 0.25) is 11.8 Å². The molecular formula is C30H46N4O2. The van der Waals surface area contributed by atoms with Gasteiger partial charge in [0.05, 0.1) is 0 Å². The zero-order valence-electron chi connectivity index (χ0n) is 22.1. The second-order valence-electron chi connectivity index (χ2n) is 12.1. The average molecular weight is 495 g/mol. The van der Waals surface area contributed by atoms with Gasteiger partial charge in [-0.05, 0) is 81.0 Å². The van der Waals surface area contributed by atoms with E-state index in [9.17, 15) is 9.59 Å². The van der Waals surface area contributed by atoms with Gasteiger partial charge in [-0.3, -0.25) is 9.59 Å². The summed E-state index contributed by atoms with van der Waals surface area (Å²) in [6.07, 6.45) is 14.7. The van der Waals surface area contributed by atoms with E-state index in [4.69, 9.17) is 0 Å². The highest BCUT2D eigenvalue weighted by Gasteiger charge is 2.32. The molecule has 2 heterocycles. The predicted octanol–water partition coefficient (Wildman–Crippen LogP) is 4.46. The van der Waals surface area contributed by atoms with Crippen LogP contribution in [0.5, 0.6) is 0 Å². The van der Waals surface area contributed by atoms with Crippen molar-refractivity contribution in [1.29, 1.82) is 0 Å². The molecule has 2 aliphatic carbocycles. The number of fused-ring (bicyclic) bond motifs is 1. The Hall–Kier alpha value is -2.08. The Labute approximate surface area is 217 Å². The summed E-state index contributed by atoms with van der Waals surface area (Å²) >= 11 is 0. The van der Waals surface area contributed by atoms with Crippen LogP contribution >= 0.6 is 0 Å². The molecule has 6 nitrogen and oxygen atoms in total. The number of rotatable bonds is 6. The highest BCUT2D eigenvalue weighted by molar-refractivity contribution is 5.88. The molecule has 0 bridgehead atoms. The van der Waals surface area contributed by atoms with Crippen molar-refractivity contribution in [2.45, 2.75) is 109 Å². The Bertz CT molecular complexity index is 902. The molecular weight excluding hydrogens is 448 g/mol. The fourth-order valence-electron chi connectivity index (χ4n) is 7.31. The molecule has 3 fully saturated rings. The minimum Gasteiger partial charge on any atom is -0.373 e. The molecule has 5 rings (SSSR count). The molecule has 0 radical (unpaired) electrons. The average Bonchev–Trinajstić information content (AvgIpc) is 3.14. The van der Waals surface area contributed by atoms with Gasteiger partial charge in [-0.2, -0.15) is 0 Å². The molecule has 4 aliphatic rings. The number of para-hydroxylation sites is 1. The second kappa shape index (κ2) is 12.0. The largest absolute Gasteiger partial charge is 0.373 e. The van der Waals surface area contributed by atoms with E-state index in [-0.39, 0.29) is 29.9 Å². The van der Waals surface area contributed by atoms with Gasteiger partial charge in [0.1, 0.15) is 6.04 Å². The van der Waals surface area contributed by atoms with Crippen LogP contribution in [0.1, 0.15) is 88.2 Å². The maximum atomic E-state index is 12.9. The Kier molecular flexibility index (Phi) is 8.51. The minimum absolute atomic E-state index is 0.103. The van der Waals surface area contributed by atoms with Crippen molar-refractivity contribution >= 4 is 17.5 Å². The van der Waals surface area contributed by atoms with E-state index in [0.717, 1.165) is 62.7 Å². The third-order valence-corrected chi connectivity index (χ3v) is 9.37. The first-order valence-electron chi connectivity index (χ1n) is 14.7. The van der Waals surface area contributed by atoms with Gasteiger partial charge in [0.15, 0.2) is 0 Å². The van der Waals surface area contributed by atoms with Gasteiger partial charge in [-0.25, -0.2) is 0 Å². The van der Waals surface area contributed by atoms with Crippen LogP contribution in [0.2, 0.25) is 0 Å². The zero-order chi connectivity index (χ0) is 24.9. The monoisotopic (exact) mass is 494 g/mol. The third kappa shape index (κ3) is 6.42.